The molecule has 0 atom stereocenters. The van der Waals surface area contributed by atoms with Crippen LogP contribution < -0.4 is 16.0 Å². The maximum Gasteiger partial charge on any atom is 0.277 e. The molecule has 2 rings (SSSR count). The van der Waals surface area contributed by atoms with Gasteiger partial charge in [0.15, 0.2) is 0 Å². The summed E-state index contributed by atoms with van der Waals surface area (Å²) in [5, 5.41) is 12.3. The zero-order valence-electron chi connectivity index (χ0n) is 15.4. The normalized spacial score (nSPS) is 10.8. The predicted octanol–water partition coefficient (Wildman–Crippen LogP) is 2.70. The second-order valence-electron chi connectivity index (χ2n) is 6.05. The van der Waals surface area contributed by atoms with Crippen molar-refractivity contribution in [2.75, 3.05) is 17.2 Å². The molecule has 0 aliphatic heterocycles. The van der Waals surface area contributed by atoms with Crippen molar-refractivity contribution in [3.63, 3.8) is 0 Å². The third-order valence-corrected chi connectivity index (χ3v) is 4.07. The maximum atomic E-state index is 12.7. The van der Waals surface area contributed by atoms with Crippen LogP contribution in [0.5, 0.6) is 0 Å². The van der Waals surface area contributed by atoms with Gasteiger partial charge < -0.3 is 11.1 Å². The third kappa shape index (κ3) is 5.19. The lowest BCUT2D eigenvalue weighted by atomic mass is 10.1. The molecule has 138 valence electrons. The van der Waals surface area contributed by atoms with Crippen molar-refractivity contribution < 1.29 is 9.59 Å². The Morgan fingerprint density at radius 2 is 1.85 bits per heavy atom. The summed E-state index contributed by atoms with van der Waals surface area (Å²) in [5.41, 5.74) is 8.75. The summed E-state index contributed by atoms with van der Waals surface area (Å²) in [6, 6.07) is 16.2. The lowest BCUT2D eigenvalue weighted by Crippen LogP contribution is -2.36. The highest BCUT2D eigenvalue weighted by Crippen LogP contribution is 2.18. The number of nitrogens with two attached hydrogens (primary N) is 1. The number of carbonyl (C=O) groups excluding carboxylic acids is 2. The van der Waals surface area contributed by atoms with Crippen molar-refractivity contribution in [2.45, 2.75) is 20.3 Å². The second kappa shape index (κ2) is 9.20. The van der Waals surface area contributed by atoms with E-state index in [2.05, 4.69) is 5.32 Å². The molecule has 0 heterocycles. The molecule has 2 aromatic rings. The number of imide groups is 1. The highest BCUT2D eigenvalue weighted by atomic mass is 16.2. The van der Waals surface area contributed by atoms with Gasteiger partial charge >= 0.3 is 0 Å². The fourth-order valence-corrected chi connectivity index (χ4v) is 2.60. The molecule has 0 fully saturated rings. The van der Waals surface area contributed by atoms with E-state index in [1.165, 1.54) is 24.3 Å². The number of amides is 2. The summed E-state index contributed by atoms with van der Waals surface area (Å²) in [4.78, 5) is 25.6. The first kappa shape index (κ1) is 19.7. The number of nitriles is 1. The predicted molar refractivity (Wildman–Crippen MR) is 106 cm³/mol. The van der Waals surface area contributed by atoms with Crippen LogP contribution in [0, 0.1) is 18.3 Å². The molecule has 0 saturated heterocycles. The molecule has 0 unspecified atom stereocenters. The van der Waals surface area contributed by atoms with Gasteiger partial charge in [0.2, 0.25) is 5.91 Å². The van der Waals surface area contributed by atoms with Crippen molar-refractivity contribution in [1.82, 2.24) is 5.32 Å². The average molecular weight is 362 g/mol. The number of hydrogen-bond acceptors (Lipinski definition) is 5. The van der Waals surface area contributed by atoms with Crippen molar-refractivity contribution in [2.24, 2.45) is 0 Å². The van der Waals surface area contributed by atoms with Gasteiger partial charge in [-0.2, -0.15) is 5.26 Å². The quantitative estimate of drug-likeness (QED) is 0.356. The van der Waals surface area contributed by atoms with Gasteiger partial charge in [0.05, 0.1) is 5.69 Å². The summed E-state index contributed by atoms with van der Waals surface area (Å²) in [7, 11) is 0. The Kier molecular flexibility index (Phi) is 6.73. The van der Waals surface area contributed by atoms with Crippen LogP contribution in [0.25, 0.3) is 0 Å². The summed E-state index contributed by atoms with van der Waals surface area (Å²) < 4.78 is 0. The number of nitrogens with zero attached hydrogens (tertiary/aromatic N) is 2. The van der Waals surface area contributed by atoms with Gasteiger partial charge in [0, 0.05) is 25.4 Å². The Bertz CT molecular complexity index is 895. The fourth-order valence-electron chi connectivity index (χ4n) is 2.60. The monoisotopic (exact) mass is 362 g/mol. The van der Waals surface area contributed by atoms with Gasteiger partial charge in [-0.3, -0.25) is 9.59 Å². The van der Waals surface area contributed by atoms with Gasteiger partial charge in [-0.25, -0.2) is 4.90 Å². The lowest BCUT2D eigenvalue weighted by molar-refractivity contribution is -0.123. The number of benzene rings is 2. The number of nitrogens with one attached hydrogen (secondary N) is 1. The van der Waals surface area contributed by atoms with Gasteiger partial charge in [0.25, 0.3) is 5.91 Å². The number of hydrogen-bond donors (Lipinski definition) is 2. The van der Waals surface area contributed by atoms with Crippen LogP contribution in [0.1, 0.15) is 18.1 Å². The number of aryl methyl sites for hydroxylation is 1. The highest BCUT2D eigenvalue weighted by Gasteiger charge is 2.23. The van der Waals surface area contributed by atoms with Crippen LogP contribution in [-0.2, 0) is 16.0 Å². The molecule has 27 heavy (non-hydrogen) atoms. The minimum absolute atomic E-state index is 0.146. The second-order valence-corrected chi connectivity index (χ2v) is 6.05. The van der Waals surface area contributed by atoms with Crippen molar-refractivity contribution in [3.05, 3.63) is 71.4 Å². The Morgan fingerprint density at radius 3 is 2.44 bits per heavy atom. The Hall–Kier alpha value is -3.59. The van der Waals surface area contributed by atoms with Crippen LogP contribution in [0.2, 0.25) is 0 Å². The molecule has 0 radical (unpaired) electrons. The van der Waals surface area contributed by atoms with Crippen LogP contribution >= 0.6 is 0 Å². The fraction of sp³-hybridized carbons (Fsp3) is 0.190. The van der Waals surface area contributed by atoms with Gasteiger partial charge in [-0.15, -0.1) is 0 Å². The summed E-state index contributed by atoms with van der Waals surface area (Å²) >= 11 is 0. The molecule has 2 aromatic carbocycles. The topological polar surface area (TPSA) is 99.2 Å². The molecular formula is C21H22N4O2. The Labute approximate surface area is 158 Å². The van der Waals surface area contributed by atoms with E-state index in [0.29, 0.717) is 17.9 Å². The number of carbonyl (C=O) groups is 2. The van der Waals surface area contributed by atoms with Crippen molar-refractivity contribution in [1.29, 1.82) is 5.26 Å². The van der Waals surface area contributed by atoms with Crippen molar-refractivity contribution in [3.8, 4) is 6.07 Å². The van der Waals surface area contributed by atoms with E-state index in [1.54, 1.807) is 24.3 Å². The first-order valence-electron chi connectivity index (χ1n) is 8.52. The van der Waals surface area contributed by atoms with Gasteiger partial charge in [-0.05, 0) is 48.7 Å². The Balaban J connectivity index is 2.09. The van der Waals surface area contributed by atoms with E-state index in [1.807, 2.05) is 37.3 Å². The molecule has 6 heteroatoms. The van der Waals surface area contributed by atoms with E-state index in [0.717, 1.165) is 11.3 Å². The third-order valence-electron chi connectivity index (χ3n) is 4.07. The number of nitrogen functional groups attached to an aromatic ring is 1. The molecule has 0 spiro atoms. The largest absolute Gasteiger partial charge is 0.399 e. The molecule has 3 N–H and O–H groups in total. The van der Waals surface area contributed by atoms with Crippen LogP contribution in [0.3, 0.4) is 0 Å². The van der Waals surface area contributed by atoms with E-state index >= 15 is 0 Å². The SMILES string of the molecule is CC(=O)N(C(=O)/C(C#N)=C\NCCc1ccccc1C)c1ccc(N)cc1. The summed E-state index contributed by atoms with van der Waals surface area (Å²) in [6.45, 7) is 3.87. The first-order chi connectivity index (χ1) is 12.9. The maximum absolute atomic E-state index is 12.7. The first-order valence-corrected chi connectivity index (χ1v) is 8.52. The van der Waals surface area contributed by atoms with Crippen LogP contribution in [0.15, 0.2) is 60.3 Å². The minimum atomic E-state index is -0.682. The lowest BCUT2D eigenvalue weighted by Gasteiger charge is -2.19. The van der Waals surface area contributed by atoms with E-state index < -0.39 is 11.8 Å². The number of anilines is 2. The van der Waals surface area contributed by atoms with Crippen LogP contribution in [-0.4, -0.2) is 18.4 Å². The molecule has 0 saturated carbocycles. The van der Waals surface area contributed by atoms with Crippen molar-refractivity contribution >= 4 is 23.2 Å². The zero-order valence-corrected chi connectivity index (χ0v) is 15.4. The molecule has 0 aliphatic carbocycles. The molecule has 0 bridgehead atoms. The molecule has 6 nitrogen and oxygen atoms in total. The minimum Gasteiger partial charge on any atom is -0.399 e. The van der Waals surface area contributed by atoms with Crippen LogP contribution in [0.4, 0.5) is 11.4 Å². The smallest absolute Gasteiger partial charge is 0.277 e. The standard InChI is InChI=1S/C21H22N4O2/c1-15-5-3-4-6-17(15)11-12-24-14-18(13-22)21(27)25(16(2)26)20-9-7-19(23)8-10-20/h3-10,14,24H,11-12,23H2,1-2H3/b18-14-. The molecular weight excluding hydrogens is 340 g/mol. The highest BCUT2D eigenvalue weighted by molar-refractivity contribution is 6.21. The molecule has 0 aliphatic rings. The summed E-state index contributed by atoms with van der Waals surface area (Å²) in [5.74, 6) is -1.16. The van der Waals surface area contributed by atoms with Gasteiger partial charge in [-0.1, -0.05) is 24.3 Å². The van der Waals surface area contributed by atoms with Gasteiger partial charge in [0.1, 0.15) is 11.6 Å². The van der Waals surface area contributed by atoms with E-state index in [9.17, 15) is 14.9 Å². The molecule has 0 aromatic heterocycles. The number of rotatable bonds is 6. The zero-order chi connectivity index (χ0) is 19.8. The molecule has 2 amide bonds. The van der Waals surface area contributed by atoms with E-state index in [-0.39, 0.29) is 5.57 Å². The average Bonchev–Trinajstić information content (AvgIpc) is 2.64. The summed E-state index contributed by atoms with van der Waals surface area (Å²) in [6.07, 6.45) is 2.11. The van der Waals surface area contributed by atoms with E-state index in [4.69, 9.17) is 5.73 Å². The Morgan fingerprint density at radius 1 is 1.19 bits per heavy atom.